The van der Waals surface area contributed by atoms with Gasteiger partial charge in [0.05, 0.1) is 18.7 Å². The lowest BCUT2D eigenvalue weighted by molar-refractivity contribution is -0.136. The number of thiazole rings is 1. The van der Waals surface area contributed by atoms with Crippen LogP contribution in [0.2, 0.25) is 0 Å². The molecule has 7 nitrogen and oxygen atoms in total. The fourth-order valence-electron chi connectivity index (χ4n) is 1.10. The van der Waals surface area contributed by atoms with Crippen LogP contribution in [0.1, 0.15) is 17.6 Å². The molecule has 0 aliphatic carbocycles. The highest BCUT2D eigenvalue weighted by atomic mass is 32.2. The predicted molar refractivity (Wildman–Crippen MR) is 67.5 cm³/mol. The van der Waals surface area contributed by atoms with Crippen LogP contribution in [0.4, 0.5) is 0 Å². The molecule has 0 aliphatic heterocycles. The van der Waals surface area contributed by atoms with Gasteiger partial charge in [0.25, 0.3) is 10.2 Å². The molecule has 0 saturated heterocycles. The summed E-state index contributed by atoms with van der Waals surface area (Å²) in [6, 6.07) is 0. The second-order valence-electron chi connectivity index (χ2n) is 3.54. The maximum Gasteiger partial charge on any atom is 0.309 e. The van der Waals surface area contributed by atoms with Crippen LogP contribution in [0, 0.1) is 0 Å². The lowest BCUT2D eigenvalue weighted by atomic mass is 10.3. The third-order valence-electron chi connectivity index (χ3n) is 2.19. The first-order valence-electron chi connectivity index (χ1n) is 5.21. The van der Waals surface area contributed by atoms with Gasteiger partial charge in [0.2, 0.25) is 0 Å². The second-order valence-corrected chi connectivity index (χ2v) is 6.35. The van der Waals surface area contributed by atoms with E-state index in [2.05, 4.69) is 9.71 Å². The third kappa shape index (κ3) is 4.33. The Morgan fingerprint density at radius 2 is 2.28 bits per heavy atom. The van der Waals surface area contributed by atoms with Crippen LogP contribution in [0.5, 0.6) is 0 Å². The number of carboxylic acid groups (broad SMARTS) is 1. The molecule has 0 saturated carbocycles. The molecule has 0 bridgehead atoms. The zero-order valence-electron chi connectivity index (χ0n) is 10.1. The number of aliphatic carboxylic acids is 1. The minimum absolute atomic E-state index is 0.0664. The Morgan fingerprint density at radius 1 is 1.61 bits per heavy atom. The molecule has 0 fully saturated rings. The Kier molecular flexibility index (Phi) is 5.20. The molecule has 102 valence electrons. The van der Waals surface area contributed by atoms with E-state index in [1.165, 1.54) is 22.7 Å². The van der Waals surface area contributed by atoms with Crippen molar-refractivity contribution in [1.82, 2.24) is 14.0 Å². The average Bonchev–Trinajstić information content (AvgIpc) is 2.72. The van der Waals surface area contributed by atoms with E-state index in [4.69, 9.17) is 5.11 Å². The Hall–Kier alpha value is -1.03. The van der Waals surface area contributed by atoms with Crippen LogP contribution in [-0.4, -0.2) is 42.4 Å². The SMILES string of the molecule is CCN(C)S(=O)(=O)NCc1nc(CC(=O)O)cs1. The normalized spacial score (nSPS) is 11.9. The van der Waals surface area contributed by atoms with Crippen molar-refractivity contribution in [2.24, 2.45) is 0 Å². The molecule has 18 heavy (non-hydrogen) atoms. The van der Waals surface area contributed by atoms with Gasteiger partial charge < -0.3 is 5.11 Å². The van der Waals surface area contributed by atoms with Gasteiger partial charge in [0, 0.05) is 19.0 Å². The van der Waals surface area contributed by atoms with Gasteiger partial charge in [-0.3, -0.25) is 4.79 Å². The zero-order valence-corrected chi connectivity index (χ0v) is 11.7. The molecule has 1 rings (SSSR count). The minimum atomic E-state index is -3.49. The van der Waals surface area contributed by atoms with Crippen molar-refractivity contribution in [3.8, 4) is 0 Å². The number of rotatable bonds is 7. The molecule has 0 aromatic carbocycles. The second kappa shape index (κ2) is 6.23. The topological polar surface area (TPSA) is 99.6 Å². The lowest BCUT2D eigenvalue weighted by Crippen LogP contribution is -2.37. The molecule has 1 aromatic rings. The first-order chi connectivity index (χ1) is 8.35. The van der Waals surface area contributed by atoms with E-state index in [-0.39, 0.29) is 13.0 Å². The maximum atomic E-state index is 11.6. The molecule has 0 radical (unpaired) electrons. The molecule has 0 aliphatic rings. The summed E-state index contributed by atoms with van der Waals surface area (Å²) in [7, 11) is -2.02. The van der Waals surface area contributed by atoms with Gasteiger partial charge in [-0.1, -0.05) is 6.92 Å². The quantitative estimate of drug-likeness (QED) is 0.740. The van der Waals surface area contributed by atoms with E-state index in [0.29, 0.717) is 17.2 Å². The van der Waals surface area contributed by atoms with Gasteiger partial charge in [-0.15, -0.1) is 11.3 Å². The van der Waals surface area contributed by atoms with Crippen LogP contribution < -0.4 is 4.72 Å². The van der Waals surface area contributed by atoms with E-state index in [9.17, 15) is 13.2 Å². The highest BCUT2D eigenvalue weighted by Gasteiger charge is 2.16. The zero-order chi connectivity index (χ0) is 13.8. The summed E-state index contributed by atoms with van der Waals surface area (Å²) in [6.45, 7) is 2.17. The number of nitrogens with one attached hydrogen (secondary N) is 1. The van der Waals surface area contributed by atoms with Gasteiger partial charge in [-0.25, -0.2) is 4.98 Å². The molecule has 2 N–H and O–H groups in total. The van der Waals surface area contributed by atoms with Crippen LogP contribution in [0.25, 0.3) is 0 Å². The van der Waals surface area contributed by atoms with E-state index in [1.54, 1.807) is 12.3 Å². The van der Waals surface area contributed by atoms with Crippen LogP contribution in [-0.2, 0) is 28.0 Å². The van der Waals surface area contributed by atoms with E-state index in [0.717, 1.165) is 0 Å². The lowest BCUT2D eigenvalue weighted by Gasteiger charge is -2.14. The third-order valence-corrected chi connectivity index (χ3v) is 4.68. The molecular formula is C9H15N3O4S2. The first kappa shape index (κ1) is 15.0. The summed E-state index contributed by atoms with van der Waals surface area (Å²) < 4.78 is 26.8. The number of aromatic nitrogens is 1. The van der Waals surface area contributed by atoms with Crippen molar-refractivity contribution in [3.63, 3.8) is 0 Å². The van der Waals surface area contributed by atoms with Gasteiger partial charge in [-0.05, 0) is 0 Å². The fourth-order valence-corrected chi connectivity index (χ4v) is 2.80. The van der Waals surface area contributed by atoms with Crippen LogP contribution in [0.15, 0.2) is 5.38 Å². The molecule has 0 atom stereocenters. The number of nitrogens with zero attached hydrogens (tertiary/aromatic N) is 2. The van der Waals surface area contributed by atoms with E-state index in [1.807, 2.05) is 0 Å². The smallest absolute Gasteiger partial charge is 0.309 e. The number of hydrogen-bond acceptors (Lipinski definition) is 5. The average molecular weight is 293 g/mol. The largest absolute Gasteiger partial charge is 0.481 e. The monoisotopic (exact) mass is 293 g/mol. The molecular weight excluding hydrogens is 278 g/mol. The number of carboxylic acids is 1. The summed E-state index contributed by atoms with van der Waals surface area (Å²) in [5.41, 5.74) is 0.436. The van der Waals surface area contributed by atoms with Gasteiger partial charge in [0.15, 0.2) is 0 Å². The molecule has 1 aromatic heterocycles. The van der Waals surface area contributed by atoms with Crippen molar-refractivity contribution < 1.29 is 18.3 Å². The summed E-state index contributed by atoms with van der Waals surface area (Å²) >= 11 is 1.23. The molecule has 0 spiro atoms. The standard InChI is InChI=1S/C9H15N3O4S2/c1-3-12(2)18(15,16)10-5-8-11-7(6-17-8)4-9(13)14/h6,10H,3-5H2,1-2H3,(H,13,14). The van der Waals surface area contributed by atoms with Gasteiger partial charge in [0.1, 0.15) is 5.01 Å². The van der Waals surface area contributed by atoms with E-state index >= 15 is 0 Å². The number of hydrogen-bond donors (Lipinski definition) is 2. The summed E-state index contributed by atoms with van der Waals surface area (Å²) in [5.74, 6) is -0.960. The Bertz CT molecular complexity index is 512. The molecule has 0 unspecified atom stereocenters. The predicted octanol–water partition coefficient (Wildman–Crippen LogP) is 0.0563. The van der Waals surface area contributed by atoms with Crippen molar-refractivity contribution in [2.75, 3.05) is 13.6 Å². The van der Waals surface area contributed by atoms with Crippen molar-refractivity contribution >= 4 is 27.5 Å². The fraction of sp³-hybridized carbons (Fsp3) is 0.556. The van der Waals surface area contributed by atoms with Crippen molar-refractivity contribution in [1.29, 1.82) is 0 Å². The molecule has 1 heterocycles. The Labute approximate surface area is 110 Å². The van der Waals surface area contributed by atoms with Crippen LogP contribution in [0.3, 0.4) is 0 Å². The van der Waals surface area contributed by atoms with Crippen molar-refractivity contribution in [2.45, 2.75) is 19.9 Å². The van der Waals surface area contributed by atoms with Crippen molar-refractivity contribution in [3.05, 3.63) is 16.1 Å². The Morgan fingerprint density at radius 3 is 2.83 bits per heavy atom. The molecule has 9 heteroatoms. The van der Waals surface area contributed by atoms with Gasteiger partial charge >= 0.3 is 5.97 Å². The number of carbonyl (C=O) groups is 1. The van der Waals surface area contributed by atoms with Crippen LogP contribution >= 0.6 is 11.3 Å². The minimum Gasteiger partial charge on any atom is -0.481 e. The summed E-state index contributed by atoms with van der Waals surface area (Å²) in [4.78, 5) is 14.5. The molecule has 0 amide bonds. The highest BCUT2D eigenvalue weighted by Crippen LogP contribution is 2.10. The first-order valence-corrected chi connectivity index (χ1v) is 7.53. The highest BCUT2D eigenvalue weighted by molar-refractivity contribution is 7.87. The van der Waals surface area contributed by atoms with Gasteiger partial charge in [-0.2, -0.15) is 17.4 Å². The summed E-state index contributed by atoms with van der Waals surface area (Å²) in [6.07, 6.45) is -0.155. The van der Waals surface area contributed by atoms with E-state index < -0.39 is 16.2 Å². The Balaban J connectivity index is 2.59. The maximum absolute atomic E-state index is 11.6. The summed E-state index contributed by atoms with van der Waals surface area (Å²) in [5, 5.41) is 10.7.